The first-order valence-corrected chi connectivity index (χ1v) is 5.92. The van der Waals surface area contributed by atoms with Crippen LogP contribution < -0.4 is 0 Å². The molecule has 2 rings (SSSR count). The van der Waals surface area contributed by atoms with E-state index in [1.165, 1.54) is 11.1 Å². The summed E-state index contributed by atoms with van der Waals surface area (Å²) < 4.78 is 0. The third kappa shape index (κ3) is 3.10. The fraction of sp³-hybridized carbons (Fsp3) is 0.154. The zero-order valence-electron chi connectivity index (χ0n) is 8.68. The monoisotopic (exact) mass is 215 g/mol. The van der Waals surface area contributed by atoms with Crippen molar-refractivity contribution in [1.82, 2.24) is 4.98 Å². The number of thioether (sulfide) groups is 1. The molecule has 15 heavy (non-hydrogen) atoms. The molecule has 76 valence electrons. The molecule has 2 aromatic rings. The molecule has 0 aliphatic carbocycles. The largest absolute Gasteiger partial charge is 0.250 e. The molecule has 0 saturated heterocycles. The highest BCUT2D eigenvalue weighted by atomic mass is 32.2. The molecular formula is C13H13NS. The lowest BCUT2D eigenvalue weighted by atomic mass is 10.2. The number of benzene rings is 1. The van der Waals surface area contributed by atoms with Gasteiger partial charge in [-0.05, 0) is 30.2 Å². The van der Waals surface area contributed by atoms with E-state index >= 15 is 0 Å². The summed E-state index contributed by atoms with van der Waals surface area (Å²) in [6, 6.07) is 14.6. The van der Waals surface area contributed by atoms with Crippen LogP contribution >= 0.6 is 11.8 Å². The van der Waals surface area contributed by atoms with Gasteiger partial charge in [-0.25, -0.2) is 4.98 Å². The molecule has 0 saturated carbocycles. The zero-order chi connectivity index (χ0) is 10.5. The summed E-state index contributed by atoms with van der Waals surface area (Å²) in [6.07, 6.45) is 1.86. The number of nitrogens with zero attached hydrogens (tertiary/aromatic N) is 1. The van der Waals surface area contributed by atoms with Crippen molar-refractivity contribution >= 4 is 11.8 Å². The minimum atomic E-state index is 0.983. The van der Waals surface area contributed by atoms with Gasteiger partial charge in [-0.1, -0.05) is 30.3 Å². The van der Waals surface area contributed by atoms with Crippen LogP contribution in [0, 0.1) is 6.92 Å². The average molecular weight is 215 g/mol. The van der Waals surface area contributed by atoms with Gasteiger partial charge in [-0.3, -0.25) is 0 Å². The van der Waals surface area contributed by atoms with Crippen LogP contribution in [0.15, 0.2) is 53.7 Å². The normalized spacial score (nSPS) is 10.2. The number of rotatable bonds is 3. The third-order valence-corrected chi connectivity index (χ3v) is 3.12. The maximum absolute atomic E-state index is 4.32. The smallest absolute Gasteiger partial charge is 0.0965 e. The quantitative estimate of drug-likeness (QED) is 0.724. The van der Waals surface area contributed by atoms with Crippen LogP contribution in [-0.4, -0.2) is 4.98 Å². The van der Waals surface area contributed by atoms with Crippen molar-refractivity contribution in [1.29, 1.82) is 0 Å². The third-order valence-electron chi connectivity index (χ3n) is 2.12. The maximum atomic E-state index is 4.32. The van der Waals surface area contributed by atoms with Crippen molar-refractivity contribution in [2.45, 2.75) is 17.7 Å². The predicted molar refractivity (Wildman–Crippen MR) is 65.0 cm³/mol. The molecule has 0 fully saturated rings. The van der Waals surface area contributed by atoms with Crippen molar-refractivity contribution in [3.8, 4) is 0 Å². The fourth-order valence-corrected chi connectivity index (χ4v) is 2.23. The standard InChI is InChI=1S/C13H13NS/c1-11-7-8-14-13(9-11)15-10-12-5-3-2-4-6-12/h2-9H,10H2,1H3. The molecule has 0 aliphatic heterocycles. The Bertz CT molecular complexity index is 426. The number of hydrogen-bond acceptors (Lipinski definition) is 2. The Morgan fingerprint density at radius 1 is 1.13 bits per heavy atom. The molecule has 0 unspecified atom stereocenters. The highest BCUT2D eigenvalue weighted by Crippen LogP contribution is 2.20. The molecule has 0 bridgehead atoms. The second-order valence-corrected chi connectivity index (χ2v) is 4.44. The molecule has 0 amide bonds. The van der Waals surface area contributed by atoms with Crippen LogP contribution in [-0.2, 0) is 5.75 Å². The molecule has 0 atom stereocenters. The molecule has 1 aromatic carbocycles. The van der Waals surface area contributed by atoms with E-state index in [0.717, 1.165) is 10.8 Å². The van der Waals surface area contributed by atoms with Crippen molar-refractivity contribution in [3.63, 3.8) is 0 Å². The minimum Gasteiger partial charge on any atom is -0.250 e. The number of hydrogen-bond donors (Lipinski definition) is 0. The summed E-state index contributed by atoms with van der Waals surface area (Å²) in [7, 11) is 0. The molecule has 1 aromatic heterocycles. The Balaban J connectivity index is 1.99. The summed E-state index contributed by atoms with van der Waals surface area (Å²) in [5.41, 5.74) is 2.60. The topological polar surface area (TPSA) is 12.9 Å². The SMILES string of the molecule is Cc1ccnc(SCc2ccccc2)c1. The van der Waals surface area contributed by atoms with E-state index in [-0.39, 0.29) is 0 Å². The van der Waals surface area contributed by atoms with Crippen LogP contribution in [0.25, 0.3) is 0 Å². The summed E-state index contributed by atoms with van der Waals surface area (Å²) in [6.45, 7) is 2.09. The van der Waals surface area contributed by atoms with Crippen molar-refractivity contribution < 1.29 is 0 Å². The number of aryl methyl sites for hydroxylation is 1. The van der Waals surface area contributed by atoms with E-state index in [1.54, 1.807) is 11.8 Å². The molecule has 0 spiro atoms. The summed E-state index contributed by atoms with van der Waals surface area (Å²) in [4.78, 5) is 4.32. The highest BCUT2D eigenvalue weighted by molar-refractivity contribution is 7.98. The molecule has 1 heterocycles. The lowest BCUT2D eigenvalue weighted by Crippen LogP contribution is -1.83. The zero-order valence-corrected chi connectivity index (χ0v) is 9.50. The second-order valence-electron chi connectivity index (χ2n) is 3.45. The van der Waals surface area contributed by atoms with Gasteiger partial charge in [0.25, 0.3) is 0 Å². The van der Waals surface area contributed by atoms with Gasteiger partial charge in [0.1, 0.15) is 0 Å². The van der Waals surface area contributed by atoms with Crippen LogP contribution in [0.3, 0.4) is 0 Å². The van der Waals surface area contributed by atoms with Gasteiger partial charge in [0.2, 0.25) is 0 Å². The molecule has 2 heteroatoms. The first-order valence-electron chi connectivity index (χ1n) is 4.94. The number of pyridine rings is 1. The molecule has 0 radical (unpaired) electrons. The van der Waals surface area contributed by atoms with Crippen LogP contribution in [0.4, 0.5) is 0 Å². The molecule has 1 nitrogen and oxygen atoms in total. The molecule has 0 N–H and O–H groups in total. The van der Waals surface area contributed by atoms with Crippen molar-refractivity contribution in [2.75, 3.05) is 0 Å². The van der Waals surface area contributed by atoms with E-state index in [1.807, 2.05) is 18.3 Å². The first-order chi connectivity index (χ1) is 7.34. The van der Waals surface area contributed by atoms with E-state index in [2.05, 4.69) is 42.2 Å². The van der Waals surface area contributed by atoms with Gasteiger partial charge >= 0.3 is 0 Å². The van der Waals surface area contributed by atoms with Crippen LogP contribution in [0.2, 0.25) is 0 Å². The maximum Gasteiger partial charge on any atom is 0.0965 e. The Morgan fingerprint density at radius 3 is 2.67 bits per heavy atom. The lowest BCUT2D eigenvalue weighted by Gasteiger charge is -2.01. The Labute approximate surface area is 94.6 Å². The van der Waals surface area contributed by atoms with Gasteiger partial charge in [-0.15, -0.1) is 11.8 Å². The lowest BCUT2D eigenvalue weighted by molar-refractivity contribution is 1.11. The van der Waals surface area contributed by atoms with E-state index < -0.39 is 0 Å². The predicted octanol–water partition coefficient (Wildman–Crippen LogP) is 3.68. The summed E-state index contributed by atoms with van der Waals surface area (Å²) in [5, 5.41) is 1.10. The van der Waals surface area contributed by atoms with Crippen LogP contribution in [0.5, 0.6) is 0 Å². The van der Waals surface area contributed by atoms with E-state index in [9.17, 15) is 0 Å². The van der Waals surface area contributed by atoms with Gasteiger partial charge in [-0.2, -0.15) is 0 Å². The second kappa shape index (κ2) is 4.99. The van der Waals surface area contributed by atoms with Gasteiger partial charge in [0.05, 0.1) is 5.03 Å². The first kappa shape index (κ1) is 10.2. The fourth-order valence-electron chi connectivity index (χ4n) is 1.32. The van der Waals surface area contributed by atoms with Gasteiger partial charge in [0, 0.05) is 11.9 Å². The van der Waals surface area contributed by atoms with E-state index in [0.29, 0.717) is 0 Å². The Kier molecular flexibility index (Phi) is 3.41. The molecular weight excluding hydrogens is 202 g/mol. The van der Waals surface area contributed by atoms with Gasteiger partial charge in [0.15, 0.2) is 0 Å². The highest BCUT2D eigenvalue weighted by Gasteiger charge is 1.96. The van der Waals surface area contributed by atoms with Crippen molar-refractivity contribution in [2.24, 2.45) is 0 Å². The number of aromatic nitrogens is 1. The summed E-state index contributed by atoms with van der Waals surface area (Å²) >= 11 is 1.78. The van der Waals surface area contributed by atoms with Gasteiger partial charge < -0.3 is 0 Å². The van der Waals surface area contributed by atoms with Crippen LogP contribution in [0.1, 0.15) is 11.1 Å². The summed E-state index contributed by atoms with van der Waals surface area (Å²) in [5.74, 6) is 0.983. The Hall–Kier alpha value is -1.28. The average Bonchev–Trinajstić information content (AvgIpc) is 2.28. The minimum absolute atomic E-state index is 0.983. The Morgan fingerprint density at radius 2 is 1.93 bits per heavy atom. The van der Waals surface area contributed by atoms with Crippen molar-refractivity contribution in [3.05, 3.63) is 59.8 Å². The molecule has 0 aliphatic rings. The van der Waals surface area contributed by atoms with E-state index in [4.69, 9.17) is 0 Å².